The molecule has 0 aliphatic heterocycles. The molecule has 2 aromatic rings. The van der Waals surface area contributed by atoms with E-state index in [0.29, 0.717) is 5.92 Å². The normalized spacial score (nSPS) is 20.3. The van der Waals surface area contributed by atoms with Crippen LogP contribution >= 0.6 is 0 Å². The number of hydrogen-bond donors (Lipinski definition) is 0. The van der Waals surface area contributed by atoms with E-state index in [4.69, 9.17) is 5.26 Å². The van der Waals surface area contributed by atoms with E-state index >= 15 is 0 Å². The van der Waals surface area contributed by atoms with Gasteiger partial charge >= 0.3 is 0 Å². The Hall–Kier alpha value is -2.40. The number of rotatable bonds is 4. The van der Waals surface area contributed by atoms with Crippen molar-refractivity contribution >= 4 is 0 Å². The van der Waals surface area contributed by atoms with Crippen LogP contribution in [-0.2, 0) is 0 Å². The molecule has 0 N–H and O–H groups in total. The summed E-state index contributed by atoms with van der Waals surface area (Å²) in [5.74, 6) is 0.983. The van der Waals surface area contributed by atoms with E-state index in [1.54, 1.807) is 12.1 Å². The summed E-state index contributed by atoms with van der Waals surface area (Å²) >= 11 is 0. The van der Waals surface area contributed by atoms with Gasteiger partial charge in [-0.2, -0.15) is 5.26 Å². The first-order valence-electron chi connectivity index (χ1n) is 8.62. The quantitative estimate of drug-likeness (QED) is 0.614. The Balaban J connectivity index is 1.71. The summed E-state index contributed by atoms with van der Waals surface area (Å²) in [5.41, 5.74) is 3.27. The van der Waals surface area contributed by atoms with E-state index in [2.05, 4.69) is 30.8 Å². The van der Waals surface area contributed by atoms with Crippen LogP contribution in [0.5, 0.6) is 0 Å². The minimum atomic E-state index is -0.459. The second-order valence-electron chi connectivity index (χ2n) is 6.67. The molecule has 0 radical (unpaired) electrons. The fraction of sp³-hybridized carbons (Fsp3) is 0.318. The minimum absolute atomic E-state index is 0.0895. The first-order valence-corrected chi connectivity index (χ1v) is 8.62. The van der Waals surface area contributed by atoms with Gasteiger partial charge in [-0.25, -0.2) is 4.39 Å². The molecule has 0 spiro atoms. The van der Waals surface area contributed by atoms with Crippen LogP contribution < -0.4 is 0 Å². The third-order valence-corrected chi connectivity index (χ3v) is 5.15. The van der Waals surface area contributed by atoms with Gasteiger partial charge in [-0.05, 0) is 72.8 Å². The van der Waals surface area contributed by atoms with Gasteiger partial charge in [0.1, 0.15) is 11.9 Å². The van der Waals surface area contributed by atoms with Gasteiger partial charge in [-0.1, -0.05) is 36.4 Å². The lowest BCUT2D eigenvalue weighted by molar-refractivity contribution is 0.328. The molecule has 1 fully saturated rings. The van der Waals surface area contributed by atoms with Crippen LogP contribution in [-0.4, -0.2) is 0 Å². The van der Waals surface area contributed by atoms with E-state index in [-0.39, 0.29) is 5.56 Å². The average molecular weight is 319 g/mol. The molecule has 122 valence electrons. The largest absolute Gasteiger partial charge is 0.206 e. The Bertz CT molecular complexity index is 747. The van der Waals surface area contributed by atoms with Gasteiger partial charge < -0.3 is 0 Å². The van der Waals surface area contributed by atoms with Gasteiger partial charge in [-0.15, -0.1) is 6.58 Å². The number of hydrogen-bond acceptors (Lipinski definition) is 1. The molecule has 24 heavy (non-hydrogen) atoms. The van der Waals surface area contributed by atoms with Crippen LogP contribution in [0.3, 0.4) is 0 Å². The first-order chi connectivity index (χ1) is 11.7. The smallest absolute Gasteiger partial charge is 0.141 e. The van der Waals surface area contributed by atoms with Crippen LogP contribution in [0.25, 0.3) is 11.1 Å². The highest BCUT2D eigenvalue weighted by Crippen LogP contribution is 2.37. The molecule has 0 aromatic heterocycles. The average Bonchev–Trinajstić information content (AvgIpc) is 2.63. The monoisotopic (exact) mass is 319 g/mol. The highest BCUT2D eigenvalue weighted by Gasteiger charge is 2.21. The van der Waals surface area contributed by atoms with Crippen molar-refractivity contribution < 1.29 is 4.39 Å². The van der Waals surface area contributed by atoms with Gasteiger partial charge in [0, 0.05) is 0 Å². The van der Waals surface area contributed by atoms with Crippen molar-refractivity contribution in [3.8, 4) is 17.2 Å². The Labute approximate surface area is 143 Å². The Morgan fingerprint density at radius 2 is 1.71 bits per heavy atom. The summed E-state index contributed by atoms with van der Waals surface area (Å²) in [5, 5.41) is 8.82. The van der Waals surface area contributed by atoms with E-state index in [0.717, 1.165) is 23.5 Å². The Morgan fingerprint density at radius 3 is 2.29 bits per heavy atom. The van der Waals surface area contributed by atoms with E-state index in [1.165, 1.54) is 37.3 Å². The molecule has 0 atom stereocenters. The molecular formula is C22H22FN. The lowest BCUT2D eigenvalue weighted by Crippen LogP contribution is -2.12. The Morgan fingerprint density at radius 1 is 1.04 bits per heavy atom. The summed E-state index contributed by atoms with van der Waals surface area (Å²) in [6.45, 7) is 3.84. The molecule has 1 aliphatic carbocycles. The summed E-state index contributed by atoms with van der Waals surface area (Å²) < 4.78 is 13.8. The van der Waals surface area contributed by atoms with Gasteiger partial charge in [0.25, 0.3) is 0 Å². The molecule has 2 heteroatoms. The van der Waals surface area contributed by atoms with Gasteiger partial charge in [0.2, 0.25) is 0 Å². The van der Waals surface area contributed by atoms with Gasteiger partial charge in [-0.3, -0.25) is 0 Å². The van der Waals surface area contributed by atoms with E-state index in [1.807, 2.05) is 12.1 Å². The summed E-state index contributed by atoms with van der Waals surface area (Å²) in [4.78, 5) is 0. The number of halogens is 1. The first kappa shape index (κ1) is 16.5. The third kappa shape index (κ3) is 3.57. The number of nitriles is 1. The maximum Gasteiger partial charge on any atom is 0.141 e. The van der Waals surface area contributed by atoms with Crippen LogP contribution in [0.1, 0.15) is 49.1 Å². The molecule has 1 saturated carbocycles. The molecule has 0 unspecified atom stereocenters. The third-order valence-electron chi connectivity index (χ3n) is 5.15. The summed E-state index contributed by atoms with van der Waals surface area (Å²) in [6.07, 6.45) is 8.21. The topological polar surface area (TPSA) is 23.8 Å². The van der Waals surface area contributed by atoms with Crippen molar-refractivity contribution in [1.29, 1.82) is 5.26 Å². The predicted octanol–water partition coefficient (Wildman–Crippen LogP) is 6.21. The zero-order valence-corrected chi connectivity index (χ0v) is 13.8. The molecule has 3 rings (SSSR count). The van der Waals surface area contributed by atoms with E-state index in [9.17, 15) is 4.39 Å². The van der Waals surface area contributed by atoms with Crippen LogP contribution in [0.2, 0.25) is 0 Å². The fourth-order valence-corrected chi connectivity index (χ4v) is 3.70. The van der Waals surface area contributed by atoms with Crippen molar-refractivity contribution in [2.75, 3.05) is 0 Å². The van der Waals surface area contributed by atoms with Crippen molar-refractivity contribution in [3.05, 3.63) is 72.1 Å². The predicted molar refractivity (Wildman–Crippen MR) is 96.1 cm³/mol. The van der Waals surface area contributed by atoms with Crippen molar-refractivity contribution in [3.63, 3.8) is 0 Å². The molecule has 2 aromatic carbocycles. The molecule has 0 heterocycles. The Kier molecular flexibility index (Phi) is 5.11. The molecule has 0 bridgehead atoms. The lowest BCUT2D eigenvalue weighted by atomic mass is 9.77. The summed E-state index contributed by atoms with van der Waals surface area (Å²) in [6, 6.07) is 15.1. The zero-order valence-electron chi connectivity index (χ0n) is 13.8. The van der Waals surface area contributed by atoms with Crippen molar-refractivity contribution in [2.45, 2.75) is 38.0 Å². The number of nitrogens with zero attached hydrogens (tertiary/aromatic N) is 1. The van der Waals surface area contributed by atoms with E-state index < -0.39 is 5.82 Å². The van der Waals surface area contributed by atoms with Crippen LogP contribution in [0.4, 0.5) is 4.39 Å². The maximum atomic E-state index is 13.8. The lowest BCUT2D eigenvalue weighted by Gasteiger charge is -2.28. The maximum absolute atomic E-state index is 13.8. The van der Waals surface area contributed by atoms with Crippen LogP contribution in [0.15, 0.2) is 55.1 Å². The number of allylic oxidation sites excluding steroid dienone is 1. The molecule has 1 nitrogen and oxygen atoms in total. The number of benzene rings is 2. The standard InChI is InChI=1S/C22H22FN/c1-2-3-16-4-6-17(7-5-16)18-8-10-19(11-9-18)20-12-13-21(15-24)22(23)14-20/h2,8-14,16-17H,1,3-7H2. The molecule has 0 saturated heterocycles. The zero-order chi connectivity index (χ0) is 16.9. The fourth-order valence-electron chi connectivity index (χ4n) is 3.70. The van der Waals surface area contributed by atoms with Crippen molar-refractivity contribution in [2.24, 2.45) is 5.92 Å². The highest BCUT2D eigenvalue weighted by molar-refractivity contribution is 5.64. The van der Waals surface area contributed by atoms with Gasteiger partial charge in [0.05, 0.1) is 5.56 Å². The SMILES string of the molecule is C=CCC1CCC(c2ccc(-c3ccc(C#N)c(F)c3)cc2)CC1. The second kappa shape index (κ2) is 7.45. The van der Waals surface area contributed by atoms with Crippen molar-refractivity contribution in [1.82, 2.24) is 0 Å². The van der Waals surface area contributed by atoms with Gasteiger partial charge in [0.15, 0.2) is 0 Å². The second-order valence-corrected chi connectivity index (χ2v) is 6.67. The summed E-state index contributed by atoms with van der Waals surface area (Å²) in [7, 11) is 0. The highest BCUT2D eigenvalue weighted by atomic mass is 19.1. The molecule has 0 amide bonds. The van der Waals surface area contributed by atoms with Crippen LogP contribution in [0, 0.1) is 23.1 Å². The minimum Gasteiger partial charge on any atom is -0.206 e. The molecular weight excluding hydrogens is 297 g/mol. The molecule has 1 aliphatic rings.